The molecule has 0 unspecified atom stereocenters. The van der Waals surface area contributed by atoms with Crippen LogP contribution in [0.5, 0.6) is 0 Å². The first-order valence-corrected chi connectivity index (χ1v) is 6.77. The number of nitrogens with one attached hydrogen (secondary N) is 1. The maximum atomic E-state index is 13.4. The van der Waals surface area contributed by atoms with Crippen molar-refractivity contribution in [3.8, 4) is 11.8 Å². The standard InChI is InChI=1S/C16H12ClFN2O2/c17-13-9-14(18)15(20-10-13)7-4-8-19-16(21)22-11-12-5-2-1-3-6-12/h1-3,5-6,9-10H,8,11H2,(H,19,21). The van der Waals surface area contributed by atoms with Gasteiger partial charge in [-0.25, -0.2) is 14.2 Å². The Morgan fingerprint density at radius 3 is 2.86 bits per heavy atom. The van der Waals surface area contributed by atoms with Gasteiger partial charge in [0.15, 0.2) is 5.82 Å². The second-order valence-electron chi connectivity index (χ2n) is 4.20. The van der Waals surface area contributed by atoms with Crippen molar-refractivity contribution >= 4 is 17.7 Å². The summed E-state index contributed by atoms with van der Waals surface area (Å²) in [7, 11) is 0. The van der Waals surface area contributed by atoms with Crippen molar-refractivity contribution < 1.29 is 13.9 Å². The monoisotopic (exact) mass is 318 g/mol. The molecule has 1 heterocycles. The summed E-state index contributed by atoms with van der Waals surface area (Å²) in [5.41, 5.74) is 0.861. The number of amides is 1. The quantitative estimate of drug-likeness (QED) is 0.884. The first kappa shape index (κ1) is 15.8. The number of carbonyl (C=O) groups excluding carboxylic acids is 1. The Labute approximate surface area is 132 Å². The van der Waals surface area contributed by atoms with E-state index in [1.807, 2.05) is 30.3 Å². The lowest BCUT2D eigenvalue weighted by Crippen LogP contribution is -2.24. The van der Waals surface area contributed by atoms with Crippen molar-refractivity contribution in [2.24, 2.45) is 0 Å². The predicted octanol–water partition coefficient (Wildman–Crippen LogP) is 3.15. The minimum atomic E-state index is -0.605. The summed E-state index contributed by atoms with van der Waals surface area (Å²) in [5.74, 6) is 4.48. The van der Waals surface area contributed by atoms with Gasteiger partial charge in [0.2, 0.25) is 0 Å². The van der Waals surface area contributed by atoms with E-state index in [-0.39, 0.29) is 23.9 Å². The zero-order chi connectivity index (χ0) is 15.8. The van der Waals surface area contributed by atoms with Crippen molar-refractivity contribution in [2.75, 3.05) is 6.54 Å². The third-order valence-corrected chi connectivity index (χ3v) is 2.76. The predicted molar refractivity (Wildman–Crippen MR) is 80.7 cm³/mol. The third-order valence-electron chi connectivity index (χ3n) is 2.55. The summed E-state index contributed by atoms with van der Waals surface area (Å²) in [6.07, 6.45) is 0.707. The molecule has 0 aliphatic heterocycles. The van der Waals surface area contributed by atoms with Gasteiger partial charge in [-0.1, -0.05) is 47.9 Å². The summed E-state index contributed by atoms with van der Waals surface area (Å²) in [6, 6.07) is 10.4. The fraction of sp³-hybridized carbons (Fsp3) is 0.125. The number of alkyl carbamates (subject to hydrolysis) is 1. The average molecular weight is 319 g/mol. The maximum absolute atomic E-state index is 13.4. The van der Waals surface area contributed by atoms with Crippen LogP contribution in [0.3, 0.4) is 0 Å². The van der Waals surface area contributed by atoms with E-state index in [0.717, 1.165) is 11.6 Å². The number of rotatable bonds is 3. The molecule has 1 aromatic heterocycles. The molecule has 1 aromatic carbocycles. The topological polar surface area (TPSA) is 51.2 Å². The van der Waals surface area contributed by atoms with Gasteiger partial charge in [-0.05, 0) is 17.6 Å². The minimum Gasteiger partial charge on any atom is -0.445 e. The Bertz CT molecular complexity index is 711. The SMILES string of the molecule is O=C(NCC#Cc1ncc(Cl)cc1F)OCc1ccccc1. The van der Waals surface area contributed by atoms with Gasteiger partial charge < -0.3 is 10.1 Å². The number of hydrogen-bond acceptors (Lipinski definition) is 3. The van der Waals surface area contributed by atoms with Crippen LogP contribution in [0.4, 0.5) is 9.18 Å². The van der Waals surface area contributed by atoms with Crippen molar-refractivity contribution in [2.45, 2.75) is 6.61 Å². The Morgan fingerprint density at radius 2 is 2.14 bits per heavy atom. The number of nitrogens with zero attached hydrogens (tertiary/aromatic N) is 1. The lowest BCUT2D eigenvalue weighted by Gasteiger charge is -2.04. The third kappa shape index (κ3) is 5.08. The van der Waals surface area contributed by atoms with E-state index in [9.17, 15) is 9.18 Å². The molecule has 0 bridgehead atoms. The zero-order valence-corrected chi connectivity index (χ0v) is 12.2. The highest BCUT2D eigenvalue weighted by Gasteiger charge is 2.02. The molecule has 0 saturated heterocycles. The first-order valence-electron chi connectivity index (χ1n) is 6.39. The normalized spacial score (nSPS) is 9.55. The van der Waals surface area contributed by atoms with Gasteiger partial charge in [-0.3, -0.25) is 0 Å². The van der Waals surface area contributed by atoms with Gasteiger partial charge in [-0.2, -0.15) is 0 Å². The highest BCUT2D eigenvalue weighted by Crippen LogP contribution is 2.10. The fourth-order valence-corrected chi connectivity index (χ4v) is 1.67. The molecule has 0 fully saturated rings. The maximum Gasteiger partial charge on any atom is 0.408 e. The summed E-state index contributed by atoms with van der Waals surface area (Å²) < 4.78 is 18.4. The molecule has 0 saturated carbocycles. The lowest BCUT2D eigenvalue weighted by molar-refractivity contribution is 0.141. The fourth-order valence-electron chi connectivity index (χ4n) is 1.52. The molecule has 0 radical (unpaired) electrons. The van der Waals surface area contributed by atoms with E-state index in [1.54, 1.807) is 0 Å². The Hall–Kier alpha value is -2.58. The van der Waals surface area contributed by atoms with E-state index in [1.165, 1.54) is 6.20 Å². The number of halogens is 2. The molecule has 2 aromatic rings. The number of benzene rings is 1. The van der Waals surface area contributed by atoms with Crippen molar-refractivity contribution in [1.82, 2.24) is 10.3 Å². The molecule has 1 amide bonds. The average Bonchev–Trinajstić information content (AvgIpc) is 2.52. The van der Waals surface area contributed by atoms with Gasteiger partial charge in [0.1, 0.15) is 12.3 Å². The largest absolute Gasteiger partial charge is 0.445 e. The van der Waals surface area contributed by atoms with Crippen LogP contribution in [0.15, 0.2) is 42.6 Å². The number of hydrogen-bond donors (Lipinski definition) is 1. The highest BCUT2D eigenvalue weighted by molar-refractivity contribution is 6.30. The van der Waals surface area contributed by atoms with Crippen LogP contribution in [0.2, 0.25) is 5.02 Å². The number of aromatic nitrogens is 1. The van der Waals surface area contributed by atoms with Crippen LogP contribution in [0.1, 0.15) is 11.3 Å². The molecule has 0 spiro atoms. The molecule has 0 aliphatic carbocycles. The number of carbonyl (C=O) groups is 1. The van der Waals surface area contributed by atoms with Gasteiger partial charge in [0.25, 0.3) is 0 Å². The Balaban J connectivity index is 1.76. The molecular formula is C16H12ClFN2O2. The van der Waals surface area contributed by atoms with E-state index in [2.05, 4.69) is 22.1 Å². The van der Waals surface area contributed by atoms with E-state index in [0.29, 0.717) is 0 Å². The lowest BCUT2D eigenvalue weighted by atomic mass is 10.2. The van der Waals surface area contributed by atoms with Gasteiger partial charge in [0.05, 0.1) is 11.6 Å². The summed E-state index contributed by atoms with van der Waals surface area (Å²) in [5, 5.41) is 2.64. The van der Waals surface area contributed by atoms with Crippen LogP contribution in [-0.2, 0) is 11.3 Å². The van der Waals surface area contributed by atoms with Crippen molar-refractivity contribution in [3.63, 3.8) is 0 Å². The summed E-state index contributed by atoms with van der Waals surface area (Å²) >= 11 is 5.58. The molecule has 112 valence electrons. The minimum absolute atomic E-state index is 0.0242. The van der Waals surface area contributed by atoms with Gasteiger partial charge in [0, 0.05) is 6.20 Å². The van der Waals surface area contributed by atoms with Crippen LogP contribution in [0.25, 0.3) is 0 Å². The Morgan fingerprint density at radius 1 is 1.36 bits per heavy atom. The molecule has 22 heavy (non-hydrogen) atoms. The molecular weight excluding hydrogens is 307 g/mol. The Kier molecular flexibility index (Phi) is 5.75. The summed E-state index contributed by atoms with van der Waals surface area (Å²) in [6.45, 7) is 0.199. The first-order chi connectivity index (χ1) is 10.6. The zero-order valence-electron chi connectivity index (χ0n) is 11.5. The second-order valence-corrected chi connectivity index (χ2v) is 4.64. The van der Waals surface area contributed by atoms with Crippen LogP contribution in [-0.4, -0.2) is 17.6 Å². The smallest absolute Gasteiger partial charge is 0.408 e. The van der Waals surface area contributed by atoms with Gasteiger partial charge in [-0.15, -0.1) is 0 Å². The molecule has 0 atom stereocenters. The van der Waals surface area contributed by atoms with E-state index in [4.69, 9.17) is 16.3 Å². The number of pyridine rings is 1. The van der Waals surface area contributed by atoms with Crippen LogP contribution >= 0.6 is 11.6 Å². The molecule has 1 N–H and O–H groups in total. The second kappa shape index (κ2) is 8.01. The molecule has 0 aliphatic rings. The van der Waals surface area contributed by atoms with Crippen molar-refractivity contribution in [1.29, 1.82) is 0 Å². The van der Waals surface area contributed by atoms with Crippen LogP contribution in [0, 0.1) is 17.7 Å². The molecule has 4 nitrogen and oxygen atoms in total. The van der Waals surface area contributed by atoms with E-state index < -0.39 is 11.9 Å². The number of ether oxygens (including phenoxy) is 1. The van der Waals surface area contributed by atoms with Crippen molar-refractivity contribution in [3.05, 3.63) is 64.7 Å². The van der Waals surface area contributed by atoms with Crippen LogP contribution < -0.4 is 5.32 Å². The molecule has 2 rings (SSSR count). The van der Waals surface area contributed by atoms with Gasteiger partial charge >= 0.3 is 6.09 Å². The van der Waals surface area contributed by atoms with E-state index >= 15 is 0 Å². The summed E-state index contributed by atoms with van der Waals surface area (Å²) in [4.78, 5) is 15.2. The molecule has 6 heteroatoms. The highest BCUT2D eigenvalue weighted by atomic mass is 35.5.